The number of amides is 1. The molecule has 1 aromatic carbocycles. The molecule has 1 aromatic heterocycles. The van der Waals surface area contributed by atoms with E-state index in [9.17, 15) is 4.79 Å². The average Bonchev–Trinajstić information content (AvgIpc) is 3.29. The molecule has 0 unspecified atom stereocenters. The van der Waals surface area contributed by atoms with Crippen molar-refractivity contribution in [3.05, 3.63) is 29.3 Å². The number of hydrogen-bond donors (Lipinski definition) is 1. The van der Waals surface area contributed by atoms with Crippen molar-refractivity contribution in [3.63, 3.8) is 0 Å². The first-order chi connectivity index (χ1) is 13.0. The van der Waals surface area contributed by atoms with Gasteiger partial charge in [0.2, 0.25) is 5.91 Å². The van der Waals surface area contributed by atoms with Gasteiger partial charge < -0.3 is 5.32 Å². The summed E-state index contributed by atoms with van der Waals surface area (Å²) in [5, 5.41) is 13.4. The zero-order chi connectivity index (χ0) is 19.4. The minimum atomic E-state index is 0.0291. The first kappa shape index (κ1) is 20.2. The van der Waals surface area contributed by atoms with Gasteiger partial charge in [0.25, 0.3) is 0 Å². The number of halogens is 1. The van der Waals surface area contributed by atoms with Crippen LogP contribution in [0.4, 0.5) is 0 Å². The van der Waals surface area contributed by atoms with Crippen molar-refractivity contribution in [2.75, 3.05) is 5.75 Å². The maximum absolute atomic E-state index is 12.3. The molecule has 0 aliphatic heterocycles. The molecule has 5 nitrogen and oxygen atoms in total. The molecule has 27 heavy (non-hydrogen) atoms. The van der Waals surface area contributed by atoms with Crippen molar-refractivity contribution in [3.8, 4) is 11.4 Å². The third-order valence-corrected chi connectivity index (χ3v) is 6.46. The number of nitrogens with zero attached hydrogens (tertiary/aromatic N) is 3. The highest BCUT2D eigenvalue weighted by Crippen LogP contribution is 2.38. The van der Waals surface area contributed by atoms with Gasteiger partial charge in [0.15, 0.2) is 11.0 Å². The molecule has 1 aliphatic rings. The highest BCUT2D eigenvalue weighted by molar-refractivity contribution is 7.99. The molecular weight excluding hydrogens is 380 g/mol. The number of rotatable bonds is 7. The molecule has 1 fully saturated rings. The highest BCUT2D eigenvalue weighted by atomic mass is 35.5. The molecule has 2 aromatic rings. The fourth-order valence-electron chi connectivity index (χ4n) is 3.29. The van der Waals surface area contributed by atoms with Crippen molar-refractivity contribution in [1.82, 2.24) is 20.1 Å². The second kappa shape index (κ2) is 9.11. The van der Waals surface area contributed by atoms with Gasteiger partial charge in [0, 0.05) is 17.6 Å². The van der Waals surface area contributed by atoms with E-state index in [1.54, 1.807) is 0 Å². The summed E-state index contributed by atoms with van der Waals surface area (Å²) in [5.41, 5.74) is 0.892. The van der Waals surface area contributed by atoms with Crippen LogP contribution in [0.1, 0.15) is 52.5 Å². The Bertz CT molecular complexity index is 786. The van der Waals surface area contributed by atoms with Gasteiger partial charge in [-0.2, -0.15) is 0 Å². The Morgan fingerprint density at radius 1 is 1.26 bits per heavy atom. The van der Waals surface area contributed by atoms with E-state index in [1.165, 1.54) is 24.6 Å². The molecule has 1 amide bonds. The van der Waals surface area contributed by atoms with Crippen LogP contribution >= 0.6 is 23.4 Å². The lowest BCUT2D eigenvalue weighted by Gasteiger charge is -2.18. The number of aromatic nitrogens is 3. The van der Waals surface area contributed by atoms with E-state index in [0.29, 0.717) is 22.7 Å². The molecule has 146 valence electrons. The van der Waals surface area contributed by atoms with Gasteiger partial charge in [0.05, 0.1) is 10.8 Å². The van der Waals surface area contributed by atoms with Crippen LogP contribution in [0.15, 0.2) is 29.4 Å². The molecule has 0 radical (unpaired) electrons. The summed E-state index contributed by atoms with van der Waals surface area (Å²) >= 11 is 7.86. The first-order valence-electron chi connectivity index (χ1n) is 9.59. The van der Waals surface area contributed by atoms with Crippen LogP contribution in [-0.2, 0) is 4.79 Å². The normalized spacial score (nSPS) is 16.0. The van der Waals surface area contributed by atoms with Crippen LogP contribution in [-0.4, -0.2) is 32.5 Å². The largest absolute Gasteiger partial charge is 0.353 e. The predicted octanol–water partition coefficient (Wildman–Crippen LogP) is 4.97. The molecule has 0 spiro atoms. The van der Waals surface area contributed by atoms with E-state index in [0.717, 1.165) is 29.4 Å². The number of thioether (sulfide) groups is 1. The van der Waals surface area contributed by atoms with Crippen molar-refractivity contribution in [2.24, 2.45) is 5.92 Å². The standard InChI is InChI=1S/C20H27ClN4OS/c1-13(2)14(3)22-18(26)12-27-20-24-23-19(16-10-6-7-11-17(16)21)25(20)15-8-4-5-9-15/h6-7,10-11,13-15H,4-5,8-9,12H2,1-3H3,(H,22,26)/t14-/m1/s1. The minimum Gasteiger partial charge on any atom is -0.353 e. The SMILES string of the molecule is CC(C)[C@@H](C)NC(=O)CSc1nnc(-c2ccccc2Cl)n1C1CCCC1. The lowest BCUT2D eigenvalue weighted by Crippen LogP contribution is -2.37. The second-order valence-electron chi connectivity index (χ2n) is 7.48. The molecule has 1 atom stereocenters. The summed E-state index contributed by atoms with van der Waals surface area (Å²) in [7, 11) is 0. The average molecular weight is 407 g/mol. The van der Waals surface area contributed by atoms with Crippen molar-refractivity contribution >= 4 is 29.3 Å². The molecular formula is C20H27ClN4OS. The molecule has 0 saturated heterocycles. The number of hydrogen-bond acceptors (Lipinski definition) is 4. The van der Waals surface area contributed by atoms with E-state index in [2.05, 4.69) is 33.9 Å². The fraction of sp³-hybridized carbons (Fsp3) is 0.550. The van der Waals surface area contributed by atoms with Gasteiger partial charge in [-0.1, -0.05) is 62.2 Å². The molecule has 3 rings (SSSR count). The Kier molecular flexibility index (Phi) is 6.82. The molecule has 7 heteroatoms. The van der Waals surface area contributed by atoms with Gasteiger partial charge in [-0.05, 0) is 37.8 Å². The van der Waals surface area contributed by atoms with Crippen LogP contribution in [0, 0.1) is 5.92 Å². The van der Waals surface area contributed by atoms with Crippen LogP contribution in [0.25, 0.3) is 11.4 Å². The quantitative estimate of drug-likeness (QED) is 0.659. The summed E-state index contributed by atoms with van der Waals surface area (Å²) in [6.45, 7) is 6.24. The summed E-state index contributed by atoms with van der Waals surface area (Å²) in [6, 6.07) is 8.25. The third-order valence-electron chi connectivity index (χ3n) is 5.19. The number of carbonyl (C=O) groups excluding carboxylic acids is 1. The number of carbonyl (C=O) groups is 1. The molecule has 1 saturated carbocycles. The van der Waals surface area contributed by atoms with Crippen molar-refractivity contribution < 1.29 is 4.79 Å². The fourth-order valence-corrected chi connectivity index (χ4v) is 4.32. The number of benzene rings is 1. The smallest absolute Gasteiger partial charge is 0.230 e. The Labute approximate surface area is 170 Å². The maximum atomic E-state index is 12.3. The molecule has 1 N–H and O–H groups in total. The van der Waals surface area contributed by atoms with E-state index in [4.69, 9.17) is 11.6 Å². The zero-order valence-corrected chi connectivity index (χ0v) is 17.7. The maximum Gasteiger partial charge on any atom is 0.230 e. The Morgan fingerprint density at radius 3 is 2.63 bits per heavy atom. The van der Waals surface area contributed by atoms with E-state index >= 15 is 0 Å². The lowest BCUT2D eigenvalue weighted by atomic mass is 10.1. The first-order valence-corrected chi connectivity index (χ1v) is 11.0. The van der Waals surface area contributed by atoms with Gasteiger partial charge in [0.1, 0.15) is 0 Å². The Hall–Kier alpha value is -1.53. The van der Waals surface area contributed by atoms with Gasteiger partial charge in [-0.3, -0.25) is 9.36 Å². The van der Waals surface area contributed by atoms with Gasteiger partial charge >= 0.3 is 0 Å². The Morgan fingerprint density at radius 2 is 1.96 bits per heavy atom. The van der Waals surface area contributed by atoms with E-state index < -0.39 is 0 Å². The van der Waals surface area contributed by atoms with E-state index in [1.807, 2.05) is 31.2 Å². The second-order valence-corrected chi connectivity index (χ2v) is 8.83. The van der Waals surface area contributed by atoms with Gasteiger partial charge in [-0.15, -0.1) is 10.2 Å². The van der Waals surface area contributed by atoms with Crippen molar-refractivity contribution in [1.29, 1.82) is 0 Å². The van der Waals surface area contributed by atoms with Crippen LogP contribution in [0.3, 0.4) is 0 Å². The van der Waals surface area contributed by atoms with Crippen LogP contribution in [0.2, 0.25) is 5.02 Å². The molecule has 0 bridgehead atoms. The zero-order valence-electron chi connectivity index (χ0n) is 16.1. The highest BCUT2D eigenvalue weighted by Gasteiger charge is 2.26. The summed E-state index contributed by atoms with van der Waals surface area (Å²) in [5.74, 6) is 1.57. The third kappa shape index (κ3) is 4.85. The summed E-state index contributed by atoms with van der Waals surface area (Å²) in [6.07, 6.45) is 4.64. The number of nitrogens with one attached hydrogen (secondary N) is 1. The van der Waals surface area contributed by atoms with Crippen LogP contribution < -0.4 is 5.32 Å². The summed E-state index contributed by atoms with van der Waals surface area (Å²) < 4.78 is 2.19. The van der Waals surface area contributed by atoms with Gasteiger partial charge in [-0.25, -0.2) is 0 Å². The minimum absolute atomic E-state index is 0.0291. The lowest BCUT2D eigenvalue weighted by molar-refractivity contribution is -0.119. The van der Waals surface area contributed by atoms with Crippen LogP contribution in [0.5, 0.6) is 0 Å². The molecule has 1 aliphatic carbocycles. The summed E-state index contributed by atoms with van der Waals surface area (Å²) in [4.78, 5) is 12.3. The Balaban J connectivity index is 1.81. The topological polar surface area (TPSA) is 59.8 Å². The predicted molar refractivity (Wildman–Crippen MR) is 111 cm³/mol. The molecule has 1 heterocycles. The van der Waals surface area contributed by atoms with E-state index in [-0.39, 0.29) is 11.9 Å². The van der Waals surface area contributed by atoms with Crippen molar-refractivity contribution in [2.45, 2.75) is 63.7 Å². The monoisotopic (exact) mass is 406 g/mol.